The molecule has 1 aromatic carbocycles. The van der Waals surface area contributed by atoms with Crippen molar-refractivity contribution in [1.29, 1.82) is 0 Å². The van der Waals surface area contributed by atoms with Crippen LogP contribution < -0.4 is 0 Å². The van der Waals surface area contributed by atoms with E-state index in [9.17, 15) is 0 Å². The molecule has 1 aliphatic carbocycles. The number of rotatable bonds is 6. The lowest BCUT2D eigenvalue weighted by atomic mass is 10.1. The monoisotopic (exact) mass is 402 g/mol. The Hall–Kier alpha value is -2.24. The molecule has 1 fully saturated rings. The van der Waals surface area contributed by atoms with E-state index in [0.29, 0.717) is 5.92 Å². The van der Waals surface area contributed by atoms with E-state index in [-0.39, 0.29) is 0 Å². The van der Waals surface area contributed by atoms with Crippen molar-refractivity contribution in [2.45, 2.75) is 50.1 Å². The largest absolute Gasteiger partial charge is 0.294 e. The first-order chi connectivity index (χ1) is 14.3. The molecule has 3 aromatic rings. The Morgan fingerprint density at radius 3 is 2.62 bits per heavy atom. The summed E-state index contributed by atoms with van der Waals surface area (Å²) in [7, 11) is 0. The fourth-order valence-corrected chi connectivity index (χ4v) is 4.56. The molecule has 5 rings (SSSR count). The zero-order chi connectivity index (χ0) is 19.6. The molecule has 2 aromatic heterocycles. The van der Waals surface area contributed by atoms with Gasteiger partial charge in [0, 0.05) is 66.1 Å². The minimum atomic E-state index is 0.629. The van der Waals surface area contributed by atoms with Crippen LogP contribution in [0.5, 0.6) is 0 Å². The van der Waals surface area contributed by atoms with Crippen molar-refractivity contribution in [1.82, 2.24) is 19.9 Å². The highest BCUT2D eigenvalue weighted by molar-refractivity contribution is 7.99. The smallest absolute Gasteiger partial charge is 0.131 e. The molecule has 5 heteroatoms. The summed E-state index contributed by atoms with van der Waals surface area (Å²) < 4.78 is 0. The summed E-state index contributed by atoms with van der Waals surface area (Å²) >= 11 is 1.87. The van der Waals surface area contributed by atoms with Crippen LogP contribution in [-0.2, 0) is 19.5 Å². The third kappa shape index (κ3) is 4.36. The van der Waals surface area contributed by atoms with Crippen molar-refractivity contribution in [3.05, 3.63) is 71.4 Å². The predicted octanol–water partition coefficient (Wildman–Crippen LogP) is 5.09. The molecule has 3 heterocycles. The fraction of sp³-hybridized carbons (Fsp3) is 0.375. The van der Waals surface area contributed by atoms with Crippen molar-refractivity contribution >= 4 is 11.8 Å². The first-order valence-electron chi connectivity index (χ1n) is 10.5. The van der Waals surface area contributed by atoms with Gasteiger partial charge >= 0.3 is 0 Å². The zero-order valence-corrected chi connectivity index (χ0v) is 17.7. The third-order valence-electron chi connectivity index (χ3n) is 5.67. The zero-order valence-electron chi connectivity index (χ0n) is 16.8. The van der Waals surface area contributed by atoms with Gasteiger partial charge in [-0.05, 0) is 42.4 Å². The Kier molecular flexibility index (Phi) is 5.34. The molecular formula is C24H26N4S. The van der Waals surface area contributed by atoms with Crippen LogP contribution in [0.4, 0.5) is 0 Å². The van der Waals surface area contributed by atoms with E-state index in [2.05, 4.69) is 59.4 Å². The Morgan fingerprint density at radius 2 is 1.90 bits per heavy atom. The highest BCUT2D eigenvalue weighted by Gasteiger charge is 2.28. The van der Waals surface area contributed by atoms with Gasteiger partial charge in [0.1, 0.15) is 5.82 Å². The molecule has 0 spiro atoms. The lowest BCUT2D eigenvalue weighted by Gasteiger charge is -2.28. The van der Waals surface area contributed by atoms with E-state index < -0.39 is 0 Å². The Morgan fingerprint density at radius 1 is 1.03 bits per heavy atom. The average molecular weight is 403 g/mol. The van der Waals surface area contributed by atoms with Gasteiger partial charge in [-0.15, -0.1) is 11.8 Å². The van der Waals surface area contributed by atoms with Crippen LogP contribution >= 0.6 is 11.8 Å². The number of hydrogen-bond donors (Lipinski definition) is 0. The molecule has 0 bridgehead atoms. The van der Waals surface area contributed by atoms with Crippen molar-refractivity contribution in [3.8, 4) is 11.3 Å². The quantitative estimate of drug-likeness (QED) is 0.538. The van der Waals surface area contributed by atoms with E-state index in [0.717, 1.165) is 43.3 Å². The van der Waals surface area contributed by atoms with Gasteiger partial charge in [-0.2, -0.15) is 0 Å². The first-order valence-corrected chi connectivity index (χ1v) is 11.5. The maximum absolute atomic E-state index is 4.83. The molecule has 29 heavy (non-hydrogen) atoms. The fourth-order valence-electron chi connectivity index (χ4n) is 3.90. The predicted molar refractivity (Wildman–Crippen MR) is 118 cm³/mol. The van der Waals surface area contributed by atoms with Crippen LogP contribution in [0.2, 0.25) is 0 Å². The summed E-state index contributed by atoms with van der Waals surface area (Å²) in [5.74, 6) is 2.80. The van der Waals surface area contributed by atoms with Crippen LogP contribution in [0.25, 0.3) is 11.3 Å². The maximum atomic E-state index is 4.83. The van der Waals surface area contributed by atoms with Gasteiger partial charge in [0.25, 0.3) is 0 Å². The number of benzene rings is 1. The standard InChI is InChI=1S/C24H26N4S/c1-2-29-21-8-6-18(7-9-21)22-10-3-17(13-25-22)15-28-12-11-23-20(16-28)14-26-24(27-23)19-4-5-19/h3,6-10,13-14,19H,2,4-5,11-12,15-16H2,1H3. The average Bonchev–Trinajstić information content (AvgIpc) is 3.60. The van der Waals surface area contributed by atoms with E-state index in [1.165, 1.54) is 40.1 Å². The van der Waals surface area contributed by atoms with Gasteiger partial charge < -0.3 is 0 Å². The maximum Gasteiger partial charge on any atom is 0.131 e. The molecule has 2 aliphatic rings. The second-order valence-corrected chi connectivity index (χ2v) is 9.28. The van der Waals surface area contributed by atoms with Gasteiger partial charge in [0.15, 0.2) is 0 Å². The minimum absolute atomic E-state index is 0.629. The molecule has 0 unspecified atom stereocenters. The Bertz CT molecular complexity index is 981. The molecule has 0 atom stereocenters. The molecule has 1 saturated carbocycles. The number of aromatic nitrogens is 3. The van der Waals surface area contributed by atoms with Crippen molar-refractivity contribution < 1.29 is 0 Å². The summed E-state index contributed by atoms with van der Waals surface area (Å²) in [6.07, 6.45) is 7.62. The second kappa shape index (κ2) is 8.25. The highest BCUT2D eigenvalue weighted by atomic mass is 32.2. The molecule has 0 radical (unpaired) electrons. The molecule has 0 N–H and O–H groups in total. The number of nitrogens with zero attached hydrogens (tertiary/aromatic N) is 4. The van der Waals surface area contributed by atoms with E-state index >= 15 is 0 Å². The summed E-state index contributed by atoms with van der Waals surface area (Å²) in [5.41, 5.74) is 6.01. The summed E-state index contributed by atoms with van der Waals surface area (Å²) in [6, 6.07) is 13.0. The van der Waals surface area contributed by atoms with Gasteiger partial charge in [0.05, 0.1) is 5.69 Å². The van der Waals surface area contributed by atoms with Gasteiger partial charge in [0.2, 0.25) is 0 Å². The molecule has 0 amide bonds. The Balaban J connectivity index is 1.23. The minimum Gasteiger partial charge on any atom is -0.294 e. The van der Waals surface area contributed by atoms with E-state index in [1.807, 2.05) is 18.0 Å². The van der Waals surface area contributed by atoms with Gasteiger partial charge in [-0.3, -0.25) is 9.88 Å². The van der Waals surface area contributed by atoms with E-state index in [4.69, 9.17) is 9.97 Å². The lowest BCUT2D eigenvalue weighted by Crippen LogP contribution is -2.31. The van der Waals surface area contributed by atoms with Crippen LogP contribution in [0.1, 0.15) is 48.3 Å². The number of fused-ring (bicyclic) bond motifs is 1. The topological polar surface area (TPSA) is 41.9 Å². The summed E-state index contributed by atoms with van der Waals surface area (Å²) in [5, 5.41) is 0. The van der Waals surface area contributed by atoms with Crippen molar-refractivity contribution in [3.63, 3.8) is 0 Å². The third-order valence-corrected chi connectivity index (χ3v) is 6.56. The van der Waals surface area contributed by atoms with Gasteiger partial charge in [-0.25, -0.2) is 9.97 Å². The molecule has 148 valence electrons. The number of hydrogen-bond acceptors (Lipinski definition) is 5. The van der Waals surface area contributed by atoms with Crippen molar-refractivity contribution in [2.75, 3.05) is 12.3 Å². The van der Waals surface area contributed by atoms with Crippen molar-refractivity contribution in [2.24, 2.45) is 0 Å². The lowest BCUT2D eigenvalue weighted by molar-refractivity contribution is 0.242. The number of pyridine rings is 1. The Labute approximate surface area is 176 Å². The summed E-state index contributed by atoms with van der Waals surface area (Å²) in [4.78, 5) is 17.9. The van der Waals surface area contributed by atoms with Crippen LogP contribution in [0.15, 0.2) is 53.7 Å². The second-order valence-electron chi connectivity index (χ2n) is 7.94. The van der Waals surface area contributed by atoms with E-state index in [1.54, 1.807) is 0 Å². The van der Waals surface area contributed by atoms with Gasteiger partial charge in [-0.1, -0.05) is 25.1 Å². The molecule has 4 nitrogen and oxygen atoms in total. The first kappa shape index (κ1) is 18.8. The van der Waals surface area contributed by atoms with Crippen LogP contribution in [0.3, 0.4) is 0 Å². The number of thioether (sulfide) groups is 1. The molecule has 1 aliphatic heterocycles. The highest BCUT2D eigenvalue weighted by Crippen LogP contribution is 2.38. The molecular weight excluding hydrogens is 376 g/mol. The summed E-state index contributed by atoms with van der Waals surface area (Å²) in [6.45, 7) is 5.08. The van der Waals surface area contributed by atoms with Crippen LogP contribution in [0, 0.1) is 0 Å². The SMILES string of the molecule is CCSc1ccc(-c2ccc(CN3CCc4nc(C5CC5)ncc4C3)cn2)cc1. The normalized spacial score (nSPS) is 16.6. The molecule has 0 saturated heterocycles. The van der Waals surface area contributed by atoms with Crippen LogP contribution in [-0.4, -0.2) is 32.1 Å².